The highest BCUT2D eigenvalue weighted by atomic mass is 16.6. The van der Waals surface area contributed by atoms with Gasteiger partial charge in [-0.2, -0.15) is 0 Å². The highest BCUT2D eigenvalue weighted by Gasteiger charge is 2.17. The Balaban J connectivity index is 1.81. The van der Waals surface area contributed by atoms with Crippen LogP contribution in [0.1, 0.15) is 16.8 Å². The molecule has 0 atom stereocenters. The second-order valence-electron chi connectivity index (χ2n) is 5.20. The van der Waals surface area contributed by atoms with E-state index in [1.54, 1.807) is 18.2 Å². The largest absolute Gasteiger partial charge is 0.490 e. The summed E-state index contributed by atoms with van der Waals surface area (Å²) in [5, 5.41) is 13.6. The Kier molecular flexibility index (Phi) is 4.19. The van der Waals surface area contributed by atoms with Crippen molar-refractivity contribution in [2.75, 3.05) is 24.3 Å². The Morgan fingerprint density at radius 2 is 1.88 bits per heavy atom. The summed E-state index contributed by atoms with van der Waals surface area (Å²) in [5.74, 6) is 0.690. The molecule has 0 aliphatic carbocycles. The molecule has 0 bridgehead atoms. The fourth-order valence-electron chi connectivity index (χ4n) is 2.29. The van der Waals surface area contributed by atoms with Crippen LogP contribution in [0.5, 0.6) is 11.5 Å². The summed E-state index contributed by atoms with van der Waals surface area (Å²) >= 11 is 0. The molecule has 3 N–H and O–H groups in total. The number of nitro benzene ring substituents is 1. The van der Waals surface area contributed by atoms with Gasteiger partial charge >= 0.3 is 0 Å². The maximum atomic E-state index is 12.3. The minimum atomic E-state index is -0.625. The number of anilines is 2. The van der Waals surface area contributed by atoms with Gasteiger partial charge in [-0.1, -0.05) is 0 Å². The molecule has 0 saturated heterocycles. The van der Waals surface area contributed by atoms with Crippen LogP contribution in [0.15, 0.2) is 36.4 Å². The van der Waals surface area contributed by atoms with Gasteiger partial charge in [-0.05, 0) is 24.3 Å². The summed E-state index contributed by atoms with van der Waals surface area (Å²) < 4.78 is 11.1. The van der Waals surface area contributed by atoms with Gasteiger partial charge in [-0.25, -0.2) is 0 Å². The third-order valence-corrected chi connectivity index (χ3v) is 3.49. The summed E-state index contributed by atoms with van der Waals surface area (Å²) in [6, 6.07) is 8.96. The predicted molar refractivity (Wildman–Crippen MR) is 87.5 cm³/mol. The second-order valence-corrected chi connectivity index (χ2v) is 5.20. The number of nitrogens with two attached hydrogens (primary N) is 1. The molecule has 1 aliphatic rings. The number of rotatable bonds is 3. The van der Waals surface area contributed by atoms with Crippen molar-refractivity contribution in [1.29, 1.82) is 0 Å². The number of nitro groups is 1. The van der Waals surface area contributed by atoms with Gasteiger partial charge in [0.05, 0.1) is 18.1 Å². The van der Waals surface area contributed by atoms with E-state index in [1.807, 2.05) is 0 Å². The van der Waals surface area contributed by atoms with Gasteiger partial charge in [0.15, 0.2) is 11.5 Å². The van der Waals surface area contributed by atoms with Crippen LogP contribution >= 0.6 is 0 Å². The van der Waals surface area contributed by atoms with Gasteiger partial charge in [0, 0.05) is 29.8 Å². The van der Waals surface area contributed by atoms with Crippen molar-refractivity contribution in [1.82, 2.24) is 0 Å². The average molecular weight is 329 g/mol. The molecule has 1 amide bonds. The first-order chi connectivity index (χ1) is 11.5. The number of benzene rings is 2. The van der Waals surface area contributed by atoms with E-state index in [4.69, 9.17) is 15.2 Å². The summed E-state index contributed by atoms with van der Waals surface area (Å²) in [6.07, 6.45) is 0.783. The van der Waals surface area contributed by atoms with Crippen LogP contribution in [0.25, 0.3) is 0 Å². The minimum Gasteiger partial charge on any atom is -0.490 e. The van der Waals surface area contributed by atoms with E-state index in [0.29, 0.717) is 30.4 Å². The van der Waals surface area contributed by atoms with Crippen molar-refractivity contribution in [3.05, 3.63) is 52.1 Å². The number of carbonyl (C=O) groups excluding carboxylic acids is 1. The van der Waals surface area contributed by atoms with Crippen LogP contribution in [-0.4, -0.2) is 24.0 Å². The van der Waals surface area contributed by atoms with Crippen LogP contribution in [-0.2, 0) is 0 Å². The van der Waals surface area contributed by atoms with Gasteiger partial charge in [-0.3, -0.25) is 14.9 Å². The topological polar surface area (TPSA) is 117 Å². The third kappa shape index (κ3) is 3.22. The summed E-state index contributed by atoms with van der Waals surface area (Å²) in [5.41, 5.74) is 5.88. The highest BCUT2D eigenvalue weighted by Crippen LogP contribution is 2.32. The molecule has 0 saturated carbocycles. The van der Waals surface area contributed by atoms with Crippen molar-refractivity contribution in [3.8, 4) is 11.5 Å². The number of carbonyl (C=O) groups is 1. The molecule has 0 fully saturated rings. The molecule has 0 unspecified atom stereocenters. The third-order valence-electron chi connectivity index (χ3n) is 3.49. The zero-order chi connectivity index (χ0) is 17.1. The van der Waals surface area contributed by atoms with Crippen LogP contribution in [0.4, 0.5) is 17.1 Å². The monoisotopic (exact) mass is 329 g/mol. The number of nitrogen functional groups attached to an aromatic ring is 1. The van der Waals surface area contributed by atoms with Crippen molar-refractivity contribution in [2.24, 2.45) is 0 Å². The van der Waals surface area contributed by atoms with E-state index < -0.39 is 10.8 Å². The second kappa shape index (κ2) is 6.45. The number of amides is 1. The normalized spacial score (nSPS) is 13.0. The Bertz CT molecular complexity index is 806. The van der Waals surface area contributed by atoms with Crippen LogP contribution < -0.4 is 20.5 Å². The molecular formula is C16H15N3O5. The molecule has 8 nitrogen and oxygen atoms in total. The molecular weight excluding hydrogens is 314 g/mol. The lowest BCUT2D eigenvalue weighted by molar-refractivity contribution is -0.383. The van der Waals surface area contributed by atoms with Gasteiger partial charge in [-0.15, -0.1) is 0 Å². The molecule has 8 heteroatoms. The summed E-state index contributed by atoms with van der Waals surface area (Å²) in [4.78, 5) is 22.6. The summed E-state index contributed by atoms with van der Waals surface area (Å²) in [7, 11) is 0. The molecule has 3 rings (SSSR count). The Hall–Kier alpha value is -3.29. The van der Waals surface area contributed by atoms with E-state index in [2.05, 4.69) is 5.32 Å². The SMILES string of the molecule is Nc1ccc(C(=O)Nc2ccc3c(c2)OCCCO3)cc1[N+](=O)[O-]. The van der Waals surface area contributed by atoms with E-state index >= 15 is 0 Å². The molecule has 2 aromatic rings. The minimum absolute atomic E-state index is 0.00660. The maximum absolute atomic E-state index is 12.3. The van der Waals surface area contributed by atoms with Crippen molar-refractivity contribution < 1.29 is 19.2 Å². The van der Waals surface area contributed by atoms with E-state index in [-0.39, 0.29) is 16.9 Å². The zero-order valence-electron chi connectivity index (χ0n) is 12.7. The first kappa shape index (κ1) is 15.6. The average Bonchev–Trinajstić information content (AvgIpc) is 2.79. The number of hydrogen-bond acceptors (Lipinski definition) is 6. The van der Waals surface area contributed by atoms with E-state index in [1.165, 1.54) is 12.1 Å². The number of ether oxygens (including phenoxy) is 2. The van der Waals surface area contributed by atoms with Crippen molar-refractivity contribution in [2.45, 2.75) is 6.42 Å². The maximum Gasteiger partial charge on any atom is 0.292 e. The summed E-state index contributed by atoms with van der Waals surface area (Å²) in [6.45, 7) is 1.11. The number of nitrogens with one attached hydrogen (secondary N) is 1. The van der Waals surface area contributed by atoms with Gasteiger partial charge < -0.3 is 20.5 Å². The lowest BCUT2D eigenvalue weighted by atomic mass is 10.1. The molecule has 1 aliphatic heterocycles. The standard InChI is InChI=1S/C16H15N3O5/c17-12-4-2-10(8-13(12)19(21)22)16(20)18-11-3-5-14-15(9-11)24-7-1-6-23-14/h2-5,8-9H,1,6-7,17H2,(H,18,20). The molecule has 24 heavy (non-hydrogen) atoms. The van der Waals surface area contributed by atoms with Gasteiger partial charge in [0.25, 0.3) is 11.6 Å². The smallest absolute Gasteiger partial charge is 0.292 e. The molecule has 1 heterocycles. The van der Waals surface area contributed by atoms with Crippen LogP contribution in [0, 0.1) is 10.1 Å². The van der Waals surface area contributed by atoms with Gasteiger partial charge in [0.2, 0.25) is 0 Å². The predicted octanol–water partition coefficient (Wildman–Crippen LogP) is 2.59. The molecule has 0 aromatic heterocycles. The van der Waals surface area contributed by atoms with Crippen molar-refractivity contribution >= 4 is 23.0 Å². The lowest BCUT2D eigenvalue weighted by Gasteiger charge is -2.10. The molecule has 2 aromatic carbocycles. The molecule has 0 spiro atoms. The Labute approximate surface area is 137 Å². The fourth-order valence-corrected chi connectivity index (χ4v) is 2.29. The van der Waals surface area contributed by atoms with Crippen LogP contribution in [0.3, 0.4) is 0 Å². The Morgan fingerprint density at radius 3 is 2.62 bits per heavy atom. The quantitative estimate of drug-likeness (QED) is 0.508. The number of nitrogens with zero attached hydrogens (tertiary/aromatic N) is 1. The van der Waals surface area contributed by atoms with Gasteiger partial charge in [0.1, 0.15) is 5.69 Å². The van der Waals surface area contributed by atoms with Crippen LogP contribution in [0.2, 0.25) is 0 Å². The van der Waals surface area contributed by atoms with E-state index in [0.717, 1.165) is 12.5 Å². The number of hydrogen-bond donors (Lipinski definition) is 2. The fraction of sp³-hybridized carbons (Fsp3) is 0.188. The number of fused-ring (bicyclic) bond motifs is 1. The highest BCUT2D eigenvalue weighted by molar-refractivity contribution is 6.05. The van der Waals surface area contributed by atoms with Crippen molar-refractivity contribution in [3.63, 3.8) is 0 Å². The first-order valence-electron chi connectivity index (χ1n) is 7.29. The molecule has 0 radical (unpaired) electrons. The zero-order valence-corrected chi connectivity index (χ0v) is 12.7. The first-order valence-corrected chi connectivity index (χ1v) is 7.29. The lowest BCUT2D eigenvalue weighted by Crippen LogP contribution is -2.12. The molecule has 124 valence electrons. The Morgan fingerprint density at radius 1 is 1.12 bits per heavy atom. The van der Waals surface area contributed by atoms with E-state index in [9.17, 15) is 14.9 Å².